The van der Waals surface area contributed by atoms with E-state index < -0.39 is 29.2 Å². The van der Waals surface area contributed by atoms with Crippen molar-refractivity contribution in [3.8, 4) is 5.69 Å². The summed E-state index contributed by atoms with van der Waals surface area (Å²) in [6.45, 7) is 0. The number of nitrogens with one attached hydrogen (secondary N) is 1. The molecule has 0 spiro atoms. The lowest BCUT2D eigenvalue weighted by Crippen LogP contribution is -2.21. The predicted octanol–water partition coefficient (Wildman–Crippen LogP) is 4.55. The molecule has 3 rings (SSSR count). The molecule has 3 aromatic rings. The zero-order valence-corrected chi connectivity index (χ0v) is 15.8. The summed E-state index contributed by atoms with van der Waals surface area (Å²) in [4.78, 5) is 23.9. The minimum atomic E-state index is -4.89. The largest absolute Gasteiger partial charge is 0.434 e. The van der Waals surface area contributed by atoms with Gasteiger partial charge in [-0.3, -0.25) is 9.59 Å². The second-order valence-corrected chi connectivity index (χ2v) is 6.65. The second kappa shape index (κ2) is 7.76. The van der Waals surface area contributed by atoms with Crippen molar-refractivity contribution >= 4 is 40.7 Å². The van der Waals surface area contributed by atoms with E-state index in [0.717, 1.165) is 12.3 Å². The lowest BCUT2D eigenvalue weighted by atomic mass is 10.1. The molecule has 1 heterocycles. The van der Waals surface area contributed by atoms with Gasteiger partial charge in [-0.05, 0) is 36.4 Å². The zero-order valence-electron chi connectivity index (χ0n) is 14.3. The summed E-state index contributed by atoms with van der Waals surface area (Å²) < 4.78 is 41.7. The van der Waals surface area contributed by atoms with Crippen molar-refractivity contribution in [3.63, 3.8) is 0 Å². The number of carbonyl (C=O) groups is 2. The Hall–Kier alpha value is -3.04. The molecule has 0 unspecified atom stereocenters. The van der Waals surface area contributed by atoms with Gasteiger partial charge in [-0.2, -0.15) is 18.3 Å². The van der Waals surface area contributed by atoms with Crippen LogP contribution in [0, 0.1) is 0 Å². The number of anilines is 1. The molecule has 0 bridgehead atoms. The molecular weight excluding hydrogens is 432 g/mol. The van der Waals surface area contributed by atoms with Crippen LogP contribution in [-0.4, -0.2) is 21.6 Å². The summed E-state index contributed by atoms with van der Waals surface area (Å²) in [5.41, 5.74) is 3.17. The molecule has 29 heavy (non-hydrogen) atoms. The fraction of sp³-hybridized carbons (Fsp3) is 0.0556. The summed E-state index contributed by atoms with van der Waals surface area (Å²) >= 11 is 11.7. The van der Waals surface area contributed by atoms with Gasteiger partial charge in [0, 0.05) is 10.7 Å². The monoisotopic (exact) mass is 442 g/mol. The number of nitrogens with two attached hydrogens (primary N) is 1. The van der Waals surface area contributed by atoms with Gasteiger partial charge in [0.2, 0.25) is 5.91 Å². The van der Waals surface area contributed by atoms with Crippen LogP contribution < -0.4 is 11.1 Å². The summed E-state index contributed by atoms with van der Waals surface area (Å²) in [5.74, 6) is -1.93. The first-order valence-corrected chi connectivity index (χ1v) is 8.65. The normalized spacial score (nSPS) is 11.3. The number of benzene rings is 2. The number of halogens is 5. The van der Waals surface area contributed by atoms with Crippen molar-refractivity contribution in [1.29, 1.82) is 0 Å². The Morgan fingerprint density at radius 3 is 2.41 bits per heavy atom. The molecule has 0 aliphatic heterocycles. The number of amides is 2. The topological polar surface area (TPSA) is 90.0 Å². The van der Waals surface area contributed by atoms with E-state index in [4.69, 9.17) is 28.9 Å². The van der Waals surface area contributed by atoms with E-state index in [1.165, 1.54) is 36.4 Å². The van der Waals surface area contributed by atoms with Crippen molar-refractivity contribution in [2.75, 3.05) is 5.32 Å². The Balaban J connectivity index is 2.02. The highest BCUT2D eigenvalue weighted by molar-refractivity contribution is 6.34. The average Bonchev–Trinajstić information content (AvgIpc) is 3.09. The first-order chi connectivity index (χ1) is 13.6. The van der Waals surface area contributed by atoms with E-state index in [0.29, 0.717) is 4.68 Å². The molecule has 0 saturated heterocycles. The highest BCUT2D eigenvalue weighted by Crippen LogP contribution is 2.34. The standard InChI is InChI=1S/C18H11Cl2F3N4O2/c19-9-2-1-3-11(6-9)27-15(18(21,22)23)13(8-25-27)17(29)26-10-4-5-14(20)12(7-10)16(24)28/h1-8H,(H2,24,28)(H,26,29). The van der Waals surface area contributed by atoms with E-state index in [1.54, 1.807) is 0 Å². The van der Waals surface area contributed by atoms with Gasteiger partial charge in [0.15, 0.2) is 5.69 Å². The Kier molecular flexibility index (Phi) is 5.54. The van der Waals surface area contributed by atoms with Crippen LogP contribution in [0.15, 0.2) is 48.7 Å². The minimum absolute atomic E-state index is 0.0337. The van der Waals surface area contributed by atoms with Crippen molar-refractivity contribution in [1.82, 2.24) is 9.78 Å². The molecule has 0 fully saturated rings. The highest BCUT2D eigenvalue weighted by atomic mass is 35.5. The SMILES string of the molecule is NC(=O)c1cc(NC(=O)c2cnn(-c3cccc(Cl)c3)c2C(F)(F)F)ccc1Cl. The maximum Gasteiger partial charge on any atom is 0.434 e. The van der Waals surface area contributed by atoms with Crippen molar-refractivity contribution in [3.05, 3.63) is 75.5 Å². The molecule has 150 valence electrons. The number of aromatic nitrogens is 2. The van der Waals surface area contributed by atoms with Crippen LogP contribution in [0.5, 0.6) is 0 Å². The maximum absolute atomic E-state index is 13.7. The Labute approximate surface area is 172 Å². The molecule has 3 N–H and O–H groups in total. The highest BCUT2D eigenvalue weighted by Gasteiger charge is 2.40. The van der Waals surface area contributed by atoms with Crippen LogP contribution >= 0.6 is 23.2 Å². The molecule has 0 aliphatic rings. The number of hydrogen-bond acceptors (Lipinski definition) is 3. The first kappa shape index (κ1) is 20.7. The second-order valence-electron chi connectivity index (χ2n) is 5.81. The summed E-state index contributed by atoms with van der Waals surface area (Å²) in [7, 11) is 0. The molecule has 6 nitrogen and oxygen atoms in total. The van der Waals surface area contributed by atoms with Gasteiger partial charge in [-0.1, -0.05) is 29.3 Å². The molecule has 0 aliphatic carbocycles. The fourth-order valence-corrected chi connectivity index (χ4v) is 2.98. The first-order valence-electron chi connectivity index (χ1n) is 7.90. The molecule has 0 radical (unpaired) electrons. The number of primary amides is 1. The molecule has 0 saturated carbocycles. The molecule has 11 heteroatoms. The molecule has 2 amide bonds. The van der Waals surface area contributed by atoms with Gasteiger partial charge < -0.3 is 11.1 Å². The van der Waals surface area contributed by atoms with E-state index in [9.17, 15) is 22.8 Å². The number of hydrogen-bond donors (Lipinski definition) is 2. The van der Waals surface area contributed by atoms with Crippen molar-refractivity contribution in [2.45, 2.75) is 6.18 Å². The number of rotatable bonds is 4. The van der Waals surface area contributed by atoms with E-state index in [2.05, 4.69) is 10.4 Å². The quantitative estimate of drug-likeness (QED) is 0.620. The fourth-order valence-electron chi connectivity index (χ4n) is 2.58. The lowest BCUT2D eigenvalue weighted by molar-refractivity contribution is -0.143. The Morgan fingerprint density at radius 2 is 1.79 bits per heavy atom. The van der Waals surface area contributed by atoms with Crippen molar-refractivity contribution in [2.24, 2.45) is 5.73 Å². The smallest absolute Gasteiger partial charge is 0.366 e. The van der Waals surface area contributed by atoms with E-state index in [-0.39, 0.29) is 27.0 Å². The number of alkyl halides is 3. The van der Waals surface area contributed by atoms with Crippen molar-refractivity contribution < 1.29 is 22.8 Å². The maximum atomic E-state index is 13.7. The van der Waals surface area contributed by atoms with Crippen LogP contribution in [0.2, 0.25) is 10.0 Å². The van der Waals surface area contributed by atoms with Crippen LogP contribution in [0.25, 0.3) is 5.69 Å². The molecular formula is C18H11Cl2F3N4O2. The lowest BCUT2D eigenvalue weighted by Gasteiger charge is -2.13. The summed E-state index contributed by atoms with van der Waals surface area (Å²) in [5, 5.41) is 6.23. The van der Waals surface area contributed by atoms with E-state index in [1.807, 2.05) is 0 Å². The summed E-state index contributed by atoms with van der Waals surface area (Å²) in [6.07, 6.45) is -4.09. The Morgan fingerprint density at radius 1 is 1.07 bits per heavy atom. The molecule has 2 aromatic carbocycles. The molecule has 1 aromatic heterocycles. The van der Waals surface area contributed by atoms with Crippen LogP contribution in [-0.2, 0) is 6.18 Å². The van der Waals surface area contributed by atoms with Gasteiger partial charge in [0.25, 0.3) is 5.91 Å². The van der Waals surface area contributed by atoms with Crippen LogP contribution in [0.4, 0.5) is 18.9 Å². The van der Waals surface area contributed by atoms with Gasteiger partial charge in [0.1, 0.15) is 0 Å². The van der Waals surface area contributed by atoms with Crippen LogP contribution in [0.1, 0.15) is 26.4 Å². The van der Waals surface area contributed by atoms with Gasteiger partial charge in [0.05, 0.1) is 28.0 Å². The predicted molar refractivity (Wildman–Crippen MR) is 101 cm³/mol. The van der Waals surface area contributed by atoms with Gasteiger partial charge >= 0.3 is 6.18 Å². The number of carbonyl (C=O) groups excluding carboxylic acids is 2. The van der Waals surface area contributed by atoms with E-state index >= 15 is 0 Å². The zero-order chi connectivity index (χ0) is 21.3. The van der Waals surface area contributed by atoms with Gasteiger partial charge in [-0.15, -0.1) is 0 Å². The Bertz CT molecular complexity index is 1110. The average molecular weight is 443 g/mol. The third kappa shape index (κ3) is 4.36. The number of nitrogens with zero attached hydrogens (tertiary/aromatic N) is 2. The third-order valence-electron chi connectivity index (χ3n) is 3.82. The third-order valence-corrected chi connectivity index (χ3v) is 4.39. The minimum Gasteiger partial charge on any atom is -0.366 e. The summed E-state index contributed by atoms with van der Waals surface area (Å²) in [6, 6.07) is 9.37. The van der Waals surface area contributed by atoms with Gasteiger partial charge in [-0.25, -0.2) is 4.68 Å². The van der Waals surface area contributed by atoms with Crippen LogP contribution in [0.3, 0.4) is 0 Å². The molecule has 0 atom stereocenters.